The van der Waals surface area contributed by atoms with Gasteiger partial charge in [-0.15, -0.1) is 0 Å². The highest BCUT2D eigenvalue weighted by atomic mass is 16.3. The van der Waals surface area contributed by atoms with E-state index in [0.717, 1.165) is 32.6 Å². The topological polar surface area (TPSA) is 35.5 Å². The molecular weight excluding hydrogens is 164 g/mol. The van der Waals surface area contributed by atoms with Gasteiger partial charge in [0, 0.05) is 32.2 Å². The van der Waals surface area contributed by atoms with Gasteiger partial charge >= 0.3 is 0 Å². The Hall–Kier alpha value is -0.120. The van der Waals surface area contributed by atoms with Crippen molar-refractivity contribution in [2.24, 2.45) is 0 Å². The van der Waals surface area contributed by atoms with E-state index in [4.69, 9.17) is 0 Å². The van der Waals surface area contributed by atoms with Crippen LogP contribution in [0.15, 0.2) is 0 Å². The molecular formula is C10H20N2O. The van der Waals surface area contributed by atoms with Crippen LogP contribution in [0.3, 0.4) is 0 Å². The van der Waals surface area contributed by atoms with Gasteiger partial charge in [0.2, 0.25) is 0 Å². The summed E-state index contributed by atoms with van der Waals surface area (Å²) in [6.07, 6.45) is 4.65. The van der Waals surface area contributed by atoms with Gasteiger partial charge in [-0.05, 0) is 12.8 Å². The molecule has 2 aliphatic rings. The molecule has 0 aromatic rings. The van der Waals surface area contributed by atoms with Gasteiger partial charge < -0.3 is 10.4 Å². The van der Waals surface area contributed by atoms with Crippen LogP contribution in [0.5, 0.6) is 0 Å². The van der Waals surface area contributed by atoms with Gasteiger partial charge in [0.25, 0.3) is 0 Å². The fourth-order valence-corrected chi connectivity index (χ4v) is 2.53. The number of aliphatic hydroxyl groups excluding tert-OH is 1. The average molecular weight is 184 g/mol. The second kappa shape index (κ2) is 4.40. The highest BCUT2D eigenvalue weighted by molar-refractivity contribution is 4.85. The van der Waals surface area contributed by atoms with Crippen LogP contribution in [-0.2, 0) is 0 Å². The Balaban J connectivity index is 1.88. The molecule has 0 aromatic carbocycles. The van der Waals surface area contributed by atoms with Crippen LogP contribution in [0.2, 0.25) is 0 Å². The zero-order valence-corrected chi connectivity index (χ0v) is 8.21. The third kappa shape index (κ3) is 2.22. The Bertz CT molecular complexity index is 157. The van der Waals surface area contributed by atoms with Crippen molar-refractivity contribution in [3.63, 3.8) is 0 Å². The van der Waals surface area contributed by atoms with E-state index in [2.05, 4.69) is 10.2 Å². The summed E-state index contributed by atoms with van der Waals surface area (Å²) < 4.78 is 0. The smallest absolute Gasteiger partial charge is 0.0695 e. The number of nitrogens with zero attached hydrogens (tertiary/aromatic N) is 1. The number of hydrogen-bond acceptors (Lipinski definition) is 3. The zero-order valence-electron chi connectivity index (χ0n) is 8.21. The Labute approximate surface area is 80.1 Å². The molecule has 1 saturated heterocycles. The third-order valence-corrected chi connectivity index (χ3v) is 3.31. The van der Waals surface area contributed by atoms with Crippen LogP contribution in [0.25, 0.3) is 0 Å². The van der Waals surface area contributed by atoms with Crippen LogP contribution < -0.4 is 5.32 Å². The number of piperazine rings is 1. The maximum atomic E-state index is 9.86. The van der Waals surface area contributed by atoms with Gasteiger partial charge in [-0.3, -0.25) is 4.90 Å². The molecule has 1 heterocycles. The van der Waals surface area contributed by atoms with Crippen LogP contribution in [0.4, 0.5) is 0 Å². The van der Waals surface area contributed by atoms with Crippen molar-refractivity contribution in [1.29, 1.82) is 0 Å². The van der Waals surface area contributed by atoms with Crippen LogP contribution >= 0.6 is 0 Å². The van der Waals surface area contributed by atoms with Crippen molar-refractivity contribution in [3.05, 3.63) is 0 Å². The Kier molecular flexibility index (Phi) is 3.19. The first-order valence-electron chi connectivity index (χ1n) is 5.51. The molecule has 2 atom stereocenters. The molecule has 0 bridgehead atoms. The first-order chi connectivity index (χ1) is 6.38. The van der Waals surface area contributed by atoms with Gasteiger partial charge in [0.15, 0.2) is 0 Å². The second-order valence-corrected chi connectivity index (χ2v) is 4.21. The van der Waals surface area contributed by atoms with Crippen molar-refractivity contribution in [3.8, 4) is 0 Å². The standard InChI is InChI=1S/C10H20N2O/c13-10-4-2-1-3-9(10)12-7-5-11-6-8-12/h9-11,13H,1-8H2/t9-,10-/m1/s1. The number of rotatable bonds is 1. The number of hydrogen-bond donors (Lipinski definition) is 2. The first kappa shape index (κ1) is 9.44. The average Bonchev–Trinajstić information content (AvgIpc) is 2.20. The lowest BCUT2D eigenvalue weighted by molar-refractivity contribution is 0.0145. The summed E-state index contributed by atoms with van der Waals surface area (Å²) in [6, 6.07) is 0.454. The van der Waals surface area contributed by atoms with Gasteiger partial charge in [0.1, 0.15) is 0 Å². The lowest BCUT2D eigenvalue weighted by Crippen LogP contribution is -2.53. The Morgan fingerprint density at radius 2 is 1.77 bits per heavy atom. The van der Waals surface area contributed by atoms with Gasteiger partial charge in [-0.1, -0.05) is 12.8 Å². The molecule has 0 radical (unpaired) electrons. The van der Waals surface area contributed by atoms with Crippen molar-refractivity contribution in [2.75, 3.05) is 26.2 Å². The second-order valence-electron chi connectivity index (χ2n) is 4.21. The first-order valence-corrected chi connectivity index (χ1v) is 5.51. The zero-order chi connectivity index (χ0) is 9.10. The molecule has 0 unspecified atom stereocenters. The van der Waals surface area contributed by atoms with E-state index in [1.807, 2.05) is 0 Å². The fraction of sp³-hybridized carbons (Fsp3) is 1.00. The van der Waals surface area contributed by atoms with Gasteiger partial charge in [-0.2, -0.15) is 0 Å². The summed E-state index contributed by atoms with van der Waals surface area (Å²) in [5.41, 5.74) is 0. The summed E-state index contributed by atoms with van der Waals surface area (Å²) in [7, 11) is 0. The van der Waals surface area contributed by atoms with E-state index in [9.17, 15) is 5.11 Å². The molecule has 1 aliphatic carbocycles. The van der Waals surface area contributed by atoms with E-state index in [1.165, 1.54) is 19.3 Å². The van der Waals surface area contributed by atoms with Crippen molar-refractivity contribution in [2.45, 2.75) is 37.8 Å². The van der Waals surface area contributed by atoms with E-state index in [0.29, 0.717) is 6.04 Å². The summed E-state index contributed by atoms with van der Waals surface area (Å²) in [6.45, 7) is 4.40. The monoisotopic (exact) mass is 184 g/mol. The van der Waals surface area contributed by atoms with E-state index in [1.54, 1.807) is 0 Å². The minimum absolute atomic E-state index is 0.0631. The van der Waals surface area contributed by atoms with Gasteiger partial charge in [-0.25, -0.2) is 0 Å². The molecule has 0 spiro atoms. The fourth-order valence-electron chi connectivity index (χ4n) is 2.53. The lowest BCUT2D eigenvalue weighted by atomic mass is 9.91. The van der Waals surface area contributed by atoms with Crippen molar-refractivity contribution < 1.29 is 5.11 Å². The molecule has 1 saturated carbocycles. The Morgan fingerprint density at radius 3 is 2.46 bits per heavy atom. The van der Waals surface area contributed by atoms with Crippen molar-refractivity contribution in [1.82, 2.24) is 10.2 Å². The number of nitrogens with one attached hydrogen (secondary N) is 1. The summed E-state index contributed by atoms with van der Waals surface area (Å²) in [5, 5.41) is 13.2. The molecule has 76 valence electrons. The summed E-state index contributed by atoms with van der Waals surface area (Å²) in [5.74, 6) is 0. The predicted octanol–water partition coefficient (Wildman–Crippen LogP) is 0.195. The van der Waals surface area contributed by atoms with E-state index < -0.39 is 0 Å². The van der Waals surface area contributed by atoms with Crippen molar-refractivity contribution >= 4 is 0 Å². The van der Waals surface area contributed by atoms with E-state index >= 15 is 0 Å². The minimum atomic E-state index is -0.0631. The molecule has 3 nitrogen and oxygen atoms in total. The largest absolute Gasteiger partial charge is 0.391 e. The molecule has 13 heavy (non-hydrogen) atoms. The highest BCUT2D eigenvalue weighted by Gasteiger charge is 2.28. The molecule has 0 aromatic heterocycles. The summed E-state index contributed by atoms with van der Waals surface area (Å²) in [4.78, 5) is 2.46. The maximum absolute atomic E-state index is 9.86. The number of aliphatic hydroxyl groups is 1. The molecule has 1 aliphatic heterocycles. The summed E-state index contributed by atoms with van der Waals surface area (Å²) >= 11 is 0. The molecule has 2 rings (SSSR count). The normalized spacial score (nSPS) is 37.6. The van der Waals surface area contributed by atoms with Crippen LogP contribution in [0, 0.1) is 0 Å². The maximum Gasteiger partial charge on any atom is 0.0695 e. The third-order valence-electron chi connectivity index (χ3n) is 3.31. The highest BCUT2D eigenvalue weighted by Crippen LogP contribution is 2.23. The van der Waals surface area contributed by atoms with Crippen LogP contribution in [-0.4, -0.2) is 48.3 Å². The predicted molar refractivity (Wildman–Crippen MR) is 52.7 cm³/mol. The molecule has 3 heteroatoms. The van der Waals surface area contributed by atoms with E-state index in [-0.39, 0.29) is 6.10 Å². The Morgan fingerprint density at radius 1 is 1.08 bits per heavy atom. The molecule has 2 N–H and O–H groups in total. The lowest BCUT2D eigenvalue weighted by Gasteiger charge is -2.39. The van der Waals surface area contributed by atoms with Gasteiger partial charge in [0.05, 0.1) is 6.10 Å². The quantitative estimate of drug-likeness (QED) is 0.611. The minimum Gasteiger partial charge on any atom is -0.391 e. The SMILES string of the molecule is O[C@@H]1CCCC[C@H]1N1CCNCC1. The molecule has 2 fully saturated rings. The van der Waals surface area contributed by atoms with Crippen LogP contribution in [0.1, 0.15) is 25.7 Å². The molecule has 0 amide bonds.